The molecular weight excluding hydrogens is 452 g/mol. The molecule has 0 spiro atoms. The van der Waals surface area contributed by atoms with Crippen molar-refractivity contribution in [2.45, 2.75) is 13.5 Å². The van der Waals surface area contributed by atoms with Gasteiger partial charge in [-0.1, -0.05) is 30.3 Å². The van der Waals surface area contributed by atoms with Crippen molar-refractivity contribution in [3.63, 3.8) is 0 Å². The number of piperazine rings is 1. The molecule has 0 bridgehead atoms. The molecule has 35 heavy (non-hydrogen) atoms. The maximum Gasteiger partial charge on any atom is 0.409 e. The molecule has 1 fully saturated rings. The molecule has 4 aromatic rings. The molecule has 0 saturated carbocycles. The third-order valence-electron chi connectivity index (χ3n) is 6.12. The topological polar surface area (TPSA) is 107 Å². The van der Waals surface area contributed by atoms with E-state index in [9.17, 15) is 19.2 Å². The molecule has 3 heterocycles. The van der Waals surface area contributed by atoms with Gasteiger partial charge >= 0.3 is 17.3 Å². The van der Waals surface area contributed by atoms with E-state index in [1.54, 1.807) is 71.3 Å². The smallest absolute Gasteiger partial charge is 0.409 e. The summed E-state index contributed by atoms with van der Waals surface area (Å²) in [4.78, 5) is 55.3. The number of nitrogens with zero attached hydrogens (tertiary/aromatic N) is 4. The lowest BCUT2D eigenvalue weighted by Gasteiger charge is -2.34. The molecule has 10 heteroatoms. The zero-order chi connectivity index (χ0) is 24.5. The molecule has 0 aliphatic carbocycles. The minimum atomic E-state index is -0.626. The molecule has 1 saturated heterocycles. The van der Waals surface area contributed by atoms with Crippen LogP contribution in [0, 0.1) is 0 Å². The van der Waals surface area contributed by atoms with Crippen molar-refractivity contribution in [1.82, 2.24) is 18.9 Å². The van der Waals surface area contributed by atoms with E-state index >= 15 is 0 Å². The molecule has 1 aliphatic rings. The highest BCUT2D eigenvalue weighted by Gasteiger charge is 2.27. The molecule has 2 amide bonds. The Morgan fingerprint density at radius 1 is 0.914 bits per heavy atom. The second kappa shape index (κ2) is 9.13. The molecule has 2 aromatic carbocycles. The van der Waals surface area contributed by atoms with Crippen molar-refractivity contribution in [2.24, 2.45) is 0 Å². The molecule has 0 unspecified atom stereocenters. The quantitative estimate of drug-likeness (QED) is 0.447. The second-order valence-electron chi connectivity index (χ2n) is 8.19. The number of ether oxygens (including phenoxy) is 1. The molecule has 0 atom stereocenters. The van der Waals surface area contributed by atoms with Crippen LogP contribution in [0.15, 0.2) is 68.6 Å². The highest BCUT2D eigenvalue weighted by Crippen LogP contribution is 2.26. The maximum atomic E-state index is 13.6. The summed E-state index contributed by atoms with van der Waals surface area (Å²) in [5, 5.41) is 0.580. The fourth-order valence-corrected chi connectivity index (χ4v) is 4.39. The van der Waals surface area contributed by atoms with Crippen molar-refractivity contribution >= 4 is 34.1 Å². The Hall–Kier alpha value is -4.34. The lowest BCUT2D eigenvalue weighted by atomic mass is 10.2. The molecule has 180 valence electrons. The summed E-state index contributed by atoms with van der Waals surface area (Å²) in [6.07, 6.45) is -0.405. The summed E-state index contributed by atoms with van der Waals surface area (Å²) in [7, 11) is 0. The van der Waals surface area contributed by atoms with Gasteiger partial charge < -0.3 is 19.0 Å². The van der Waals surface area contributed by atoms with Gasteiger partial charge in [0.1, 0.15) is 17.6 Å². The first-order valence-electron chi connectivity index (χ1n) is 11.4. The normalized spacial score (nSPS) is 14.0. The van der Waals surface area contributed by atoms with Crippen LogP contribution in [0.2, 0.25) is 0 Å². The minimum Gasteiger partial charge on any atom is -0.450 e. The molecule has 0 radical (unpaired) electrons. The maximum absolute atomic E-state index is 13.6. The van der Waals surface area contributed by atoms with Gasteiger partial charge in [-0.2, -0.15) is 0 Å². The van der Waals surface area contributed by atoms with Gasteiger partial charge in [-0.25, -0.2) is 14.2 Å². The van der Waals surface area contributed by atoms with Gasteiger partial charge in [0, 0.05) is 31.6 Å². The van der Waals surface area contributed by atoms with Crippen molar-refractivity contribution < 1.29 is 18.7 Å². The summed E-state index contributed by atoms with van der Waals surface area (Å²) in [5.41, 5.74) is -0.0723. The lowest BCUT2D eigenvalue weighted by molar-refractivity contribution is -0.133. The molecule has 0 N–H and O–H groups in total. The zero-order valence-corrected chi connectivity index (χ0v) is 19.2. The van der Waals surface area contributed by atoms with E-state index in [-0.39, 0.29) is 24.6 Å². The largest absolute Gasteiger partial charge is 0.450 e. The summed E-state index contributed by atoms with van der Waals surface area (Å²) < 4.78 is 13.2. The predicted molar refractivity (Wildman–Crippen MR) is 129 cm³/mol. The van der Waals surface area contributed by atoms with Crippen LogP contribution in [0.25, 0.3) is 27.8 Å². The van der Waals surface area contributed by atoms with Crippen LogP contribution >= 0.6 is 0 Å². The second-order valence-corrected chi connectivity index (χ2v) is 8.19. The number of furan rings is 1. The fourth-order valence-electron chi connectivity index (χ4n) is 4.39. The first-order valence-corrected chi connectivity index (χ1v) is 11.4. The van der Waals surface area contributed by atoms with E-state index < -0.39 is 17.3 Å². The summed E-state index contributed by atoms with van der Waals surface area (Å²) in [5.74, 6) is -0.291. The number of carbonyl (C=O) groups is 2. The Bertz CT molecular complexity index is 1530. The van der Waals surface area contributed by atoms with E-state index in [4.69, 9.17) is 9.15 Å². The van der Waals surface area contributed by atoms with Crippen LogP contribution in [0.5, 0.6) is 0 Å². The van der Waals surface area contributed by atoms with Crippen LogP contribution in [-0.2, 0) is 16.1 Å². The van der Waals surface area contributed by atoms with E-state index in [2.05, 4.69) is 0 Å². The number of hydrogen-bond donors (Lipinski definition) is 0. The van der Waals surface area contributed by atoms with Crippen molar-refractivity contribution in [3.05, 3.63) is 75.4 Å². The number of fused-ring (bicyclic) bond motifs is 3. The first kappa shape index (κ1) is 22.5. The van der Waals surface area contributed by atoms with Gasteiger partial charge in [0.15, 0.2) is 0 Å². The predicted octanol–water partition coefficient (Wildman–Crippen LogP) is 2.20. The molecular formula is C25H24N4O6. The fraction of sp³-hybridized carbons (Fsp3) is 0.280. The average molecular weight is 476 g/mol. The number of para-hydroxylation sites is 2. The Morgan fingerprint density at radius 2 is 1.57 bits per heavy atom. The third kappa shape index (κ3) is 3.96. The monoisotopic (exact) mass is 476 g/mol. The number of benzene rings is 2. The van der Waals surface area contributed by atoms with Crippen LogP contribution in [0.3, 0.4) is 0 Å². The average Bonchev–Trinajstić information content (AvgIpc) is 3.27. The highest BCUT2D eigenvalue weighted by molar-refractivity contribution is 6.02. The number of rotatable bonds is 4. The number of hydrogen-bond acceptors (Lipinski definition) is 6. The van der Waals surface area contributed by atoms with Gasteiger partial charge in [-0.05, 0) is 31.2 Å². The Balaban J connectivity index is 1.56. The molecule has 5 rings (SSSR count). The SMILES string of the molecule is CCOC(=O)N1CCN(C(=O)Cn2c(=O)n(-c3ccccc3)c(=O)c3oc4ccccc4c32)CC1. The first-order chi connectivity index (χ1) is 17.0. The van der Waals surface area contributed by atoms with Crippen molar-refractivity contribution in [2.75, 3.05) is 32.8 Å². The van der Waals surface area contributed by atoms with Gasteiger partial charge in [-0.3, -0.25) is 14.2 Å². The number of aromatic nitrogens is 2. The standard InChI is InChI=1S/C25H24N4O6/c1-2-34-25(33)27-14-12-26(13-15-27)20(30)16-28-21-18-10-6-7-11-19(18)35-22(21)23(31)29(24(28)32)17-8-4-3-5-9-17/h3-11H,2,12-16H2,1H3. The van der Waals surface area contributed by atoms with Crippen LogP contribution in [0.1, 0.15) is 6.92 Å². The van der Waals surface area contributed by atoms with E-state index in [1.165, 1.54) is 4.57 Å². The number of amides is 2. The minimum absolute atomic E-state index is 0.00887. The molecule has 1 aliphatic heterocycles. The van der Waals surface area contributed by atoms with Crippen molar-refractivity contribution in [3.8, 4) is 5.69 Å². The van der Waals surface area contributed by atoms with Gasteiger partial charge in [0.25, 0.3) is 0 Å². The van der Waals surface area contributed by atoms with E-state index in [0.29, 0.717) is 48.4 Å². The van der Waals surface area contributed by atoms with Crippen molar-refractivity contribution in [1.29, 1.82) is 0 Å². The summed E-state index contributed by atoms with van der Waals surface area (Å²) in [6, 6.07) is 15.6. The van der Waals surface area contributed by atoms with E-state index in [1.807, 2.05) is 0 Å². The van der Waals surface area contributed by atoms with Gasteiger partial charge in [0.2, 0.25) is 11.5 Å². The van der Waals surface area contributed by atoms with Crippen LogP contribution in [0.4, 0.5) is 4.79 Å². The van der Waals surface area contributed by atoms with Gasteiger partial charge in [0.05, 0.1) is 12.3 Å². The van der Waals surface area contributed by atoms with Crippen LogP contribution in [-0.4, -0.2) is 63.7 Å². The molecule has 2 aromatic heterocycles. The number of carbonyl (C=O) groups excluding carboxylic acids is 2. The highest BCUT2D eigenvalue weighted by atomic mass is 16.6. The molecule has 10 nitrogen and oxygen atoms in total. The van der Waals surface area contributed by atoms with Crippen LogP contribution < -0.4 is 11.2 Å². The third-order valence-corrected chi connectivity index (χ3v) is 6.12. The summed E-state index contributed by atoms with van der Waals surface area (Å²) >= 11 is 0. The lowest BCUT2D eigenvalue weighted by Crippen LogP contribution is -2.52. The zero-order valence-electron chi connectivity index (χ0n) is 19.2. The Morgan fingerprint density at radius 3 is 2.29 bits per heavy atom. The Kier molecular flexibility index (Phi) is 5.86. The van der Waals surface area contributed by atoms with E-state index in [0.717, 1.165) is 4.57 Å². The Labute approximate surface area is 199 Å². The van der Waals surface area contributed by atoms with Gasteiger partial charge in [-0.15, -0.1) is 0 Å². The summed E-state index contributed by atoms with van der Waals surface area (Å²) in [6.45, 7) is 3.07.